The van der Waals surface area contributed by atoms with Crippen LogP contribution in [0.1, 0.15) is 41.7 Å². The predicted octanol–water partition coefficient (Wildman–Crippen LogP) is 2.54. The van der Waals surface area contributed by atoms with Crippen molar-refractivity contribution in [3.8, 4) is 0 Å². The molecule has 1 N–H and O–H groups in total. The van der Waals surface area contributed by atoms with Crippen LogP contribution in [0.2, 0.25) is 0 Å². The Bertz CT molecular complexity index is 679. The summed E-state index contributed by atoms with van der Waals surface area (Å²) in [5, 5.41) is 9.19. The van der Waals surface area contributed by atoms with Gasteiger partial charge >= 0.3 is 5.97 Å². The van der Waals surface area contributed by atoms with Crippen LogP contribution in [0.25, 0.3) is 0 Å². The molecule has 2 aromatic rings. The first-order valence-corrected chi connectivity index (χ1v) is 8.23. The average Bonchev–Trinajstić information content (AvgIpc) is 3.15. The van der Waals surface area contributed by atoms with E-state index in [-0.39, 0.29) is 18.3 Å². The molecule has 6 nitrogen and oxygen atoms in total. The minimum absolute atomic E-state index is 0.104. The number of nitrogens with one attached hydrogen (secondary N) is 1. The normalized spacial score (nSPS) is 13.4. The van der Waals surface area contributed by atoms with E-state index in [1.165, 1.54) is 18.4 Å². The molecule has 0 aromatic carbocycles. The number of esters is 1. The van der Waals surface area contributed by atoms with Crippen LogP contribution in [0.15, 0.2) is 23.6 Å². The van der Waals surface area contributed by atoms with E-state index in [2.05, 4.69) is 10.4 Å². The highest BCUT2D eigenvalue weighted by Crippen LogP contribution is 2.23. The summed E-state index contributed by atoms with van der Waals surface area (Å²) in [6.45, 7) is 5.59. The molecule has 0 aliphatic rings. The van der Waals surface area contributed by atoms with E-state index in [9.17, 15) is 9.59 Å². The third-order valence-corrected chi connectivity index (χ3v) is 4.58. The van der Waals surface area contributed by atoms with E-state index in [1.54, 1.807) is 11.6 Å². The number of methoxy groups -OCH3 is 1. The number of aryl methyl sites for hydroxylation is 2. The second-order valence-corrected chi connectivity index (χ2v) is 6.38. The van der Waals surface area contributed by atoms with Gasteiger partial charge in [-0.05, 0) is 38.3 Å². The zero-order valence-electron chi connectivity index (χ0n) is 13.7. The Balaban J connectivity index is 2.13. The predicted molar refractivity (Wildman–Crippen MR) is 88.2 cm³/mol. The van der Waals surface area contributed by atoms with Crippen LogP contribution in [-0.4, -0.2) is 28.8 Å². The molecule has 23 heavy (non-hydrogen) atoms. The number of carbonyl (C=O) groups is 2. The fourth-order valence-corrected chi connectivity index (χ4v) is 3.18. The Kier molecular flexibility index (Phi) is 5.54. The van der Waals surface area contributed by atoms with Crippen LogP contribution in [0.4, 0.5) is 0 Å². The van der Waals surface area contributed by atoms with Gasteiger partial charge in [0.05, 0.1) is 25.3 Å². The standard InChI is InChI=1S/C16H21N3O3S/c1-10-8-11(2)19(18-10)12(3)16(21)17-13(9-15(20)22-4)14-6-5-7-23-14/h5-8,12-13H,9H2,1-4H3,(H,17,21)/t12-,13+/m1/s1. The van der Waals surface area contributed by atoms with E-state index in [4.69, 9.17) is 4.74 Å². The Morgan fingerprint density at radius 3 is 2.70 bits per heavy atom. The zero-order valence-corrected chi connectivity index (χ0v) is 14.5. The van der Waals surface area contributed by atoms with Gasteiger partial charge in [0.1, 0.15) is 6.04 Å². The number of ether oxygens (including phenoxy) is 1. The molecule has 1 amide bonds. The molecule has 0 unspecified atom stereocenters. The van der Waals surface area contributed by atoms with Crippen molar-refractivity contribution in [3.63, 3.8) is 0 Å². The second kappa shape index (κ2) is 7.41. The summed E-state index contributed by atoms with van der Waals surface area (Å²) in [6.07, 6.45) is 0.104. The van der Waals surface area contributed by atoms with Crippen molar-refractivity contribution in [3.05, 3.63) is 39.8 Å². The van der Waals surface area contributed by atoms with Gasteiger partial charge in [-0.1, -0.05) is 6.07 Å². The summed E-state index contributed by atoms with van der Waals surface area (Å²) in [4.78, 5) is 25.1. The number of aromatic nitrogens is 2. The molecule has 2 rings (SSSR count). The van der Waals surface area contributed by atoms with Crippen LogP contribution >= 0.6 is 11.3 Å². The van der Waals surface area contributed by atoms with E-state index in [0.29, 0.717) is 0 Å². The van der Waals surface area contributed by atoms with Crippen molar-refractivity contribution in [1.82, 2.24) is 15.1 Å². The molecule has 0 saturated heterocycles. The summed E-state index contributed by atoms with van der Waals surface area (Å²) in [5.41, 5.74) is 1.79. The monoisotopic (exact) mass is 335 g/mol. The molecule has 0 bridgehead atoms. The molecule has 124 valence electrons. The van der Waals surface area contributed by atoms with Crippen molar-refractivity contribution >= 4 is 23.2 Å². The molecule has 0 radical (unpaired) electrons. The quantitative estimate of drug-likeness (QED) is 0.823. The smallest absolute Gasteiger partial charge is 0.307 e. The topological polar surface area (TPSA) is 73.2 Å². The largest absolute Gasteiger partial charge is 0.469 e. The molecule has 2 atom stereocenters. The number of amides is 1. The highest BCUT2D eigenvalue weighted by molar-refractivity contribution is 7.10. The number of hydrogen-bond acceptors (Lipinski definition) is 5. The van der Waals surface area contributed by atoms with Crippen LogP contribution < -0.4 is 5.32 Å². The molecular formula is C16H21N3O3S. The van der Waals surface area contributed by atoms with Gasteiger partial charge in [-0.3, -0.25) is 14.3 Å². The maximum Gasteiger partial charge on any atom is 0.307 e. The summed E-state index contributed by atoms with van der Waals surface area (Å²) >= 11 is 1.50. The molecule has 7 heteroatoms. The van der Waals surface area contributed by atoms with Crippen molar-refractivity contribution in [2.75, 3.05) is 7.11 Å². The fraction of sp³-hybridized carbons (Fsp3) is 0.438. The maximum atomic E-state index is 12.6. The Labute approximate surface area is 139 Å². The highest BCUT2D eigenvalue weighted by atomic mass is 32.1. The van der Waals surface area contributed by atoms with Crippen LogP contribution in [0.5, 0.6) is 0 Å². The van der Waals surface area contributed by atoms with Gasteiger partial charge in [0, 0.05) is 10.6 Å². The zero-order chi connectivity index (χ0) is 17.0. The van der Waals surface area contributed by atoms with E-state index < -0.39 is 12.1 Å². The van der Waals surface area contributed by atoms with Gasteiger partial charge in [-0.2, -0.15) is 5.10 Å². The lowest BCUT2D eigenvalue weighted by Crippen LogP contribution is -2.35. The van der Waals surface area contributed by atoms with Crippen LogP contribution in [-0.2, 0) is 14.3 Å². The maximum absolute atomic E-state index is 12.6. The van der Waals surface area contributed by atoms with Gasteiger partial charge < -0.3 is 10.1 Å². The fourth-order valence-electron chi connectivity index (χ4n) is 2.40. The Morgan fingerprint density at radius 2 is 2.17 bits per heavy atom. The number of nitrogens with zero attached hydrogens (tertiary/aromatic N) is 2. The van der Waals surface area contributed by atoms with Crippen molar-refractivity contribution in [2.24, 2.45) is 0 Å². The molecule has 2 aromatic heterocycles. The lowest BCUT2D eigenvalue weighted by molar-refractivity contribution is -0.141. The lowest BCUT2D eigenvalue weighted by atomic mass is 10.1. The van der Waals surface area contributed by atoms with Crippen molar-refractivity contribution < 1.29 is 14.3 Å². The van der Waals surface area contributed by atoms with Gasteiger partial charge in [0.25, 0.3) is 0 Å². The lowest BCUT2D eigenvalue weighted by Gasteiger charge is -2.20. The van der Waals surface area contributed by atoms with Gasteiger partial charge in [-0.15, -0.1) is 11.3 Å². The molecule has 0 aliphatic carbocycles. The van der Waals surface area contributed by atoms with E-state index >= 15 is 0 Å². The summed E-state index contributed by atoms with van der Waals surface area (Å²) in [6, 6.07) is 4.86. The molecule has 0 spiro atoms. The Morgan fingerprint density at radius 1 is 1.43 bits per heavy atom. The minimum Gasteiger partial charge on any atom is -0.469 e. The Hall–Kier alpha value is -2.15. The first-order valence-electron chi connectivity index (χ1n) is 7.35. The number of rotatable bonds is 6. The number of carbonyl (C=O) groups excluding carboxylic acids is 2. The summed E-state index contributed by atoms with van der Waals surface area (Å²) in [5.74, 6) is -0.541. The molecular weight excluding hydrogens is 314 g/mol. The van der Waals surface area contributed by atoms with E-state index in [1.807, 2.05) is 37.4 Å². The van der Waals surface area contributed by atoms with E-state index in [0.717, 1.165) is 16.3 Å². The summed E-state index contributed by atoms with van der Waals surface area (Å²) < 4.78 is 6.41. The first kappa shape index (κ1) is 17.2. The average molecular weight is 335 g/mol. The minimum atomic E-state index is -0.455. The SMILES string of the molecule is COC(=O)C[C@H](NC(=O)[C@@H](C)n1nc(C)cc1C)c1cccs1. The highest BCUT2D eigenvalue weighted by Gasteiger charge is 2.24. The summed E-state index contributed by atoms with van der Waals surface area (Å²) in [7, 11) is 1.34. The molecule has 2 heterocycles. The number of hydrogen-bond donors (Lipinski definition) is 1. The number of thiophene rings is 1. The van der Waals surface area contributed by atoms with Gasteiger partial charge in [0.15, 0.2) is 0 Å². The van der Waals surface area contributed by atoms with Crippen LogP contribution in [0.3, 0.4) is 0 Å². The van der Waals surface area contributed by atoms with Gasteiger partial charge in [0.2, 0.25) is 5.91 Å². The first-order chi connectivity index (χ1) is 10.9. The van der Waals surface area contributed by atoms with Crippen molar-refractivity contribution in [2.45, 2.75) is 39.3 Å². The van der Waals surface area contributed by atoms with Gasteiger partial charge in [-0.25, -0.2) is 0 Å². The molecule has 0 fully saturated rings. The molecule has 0 aliphatic heterocycles. The third kappa shape index (κ3) is 4.19. The second-order valence-electron chi connectivity index (χ2n) is 5.40. The van der Waals surface area contributed by atoms with Crippen LogP contribution in [0, 0.1) is 13.8 Å². The molecule has 0 saturated carbocycles. The van der Waals surface area contributed by atoms with Crippen molar-refractivity contribution in [1.29, 1.82) is 0 Å². The third-order valence-electron chi connectivity index (χ3n) is 3.59.